The maximum atomic E-state index is 13.2. The monoisotopic (exact) mass is 496 g/mol. The minimum atomic E-state index is -0.464. The van der Waals surface area contributed by atoms with E-state index in [1.54, 1.807) is 36.4 Å². The van der Waals surface area contributed by atoms with E-state index in [2.05, 4.69) is 10.3 Å². The standard InChI is InChI=1S/C25H22ClFN4O4/c1-34-13-12-30-24(32)14-22(31(25(30)33)16-17-2-4-18(26)5-3-17)29-20-7-9-21(10-8-20)35-23-11-6-19(27)15-28-23/h2-11,14-15,29H,12-13,16H2,1H3. The van der Waals surface area contributed by atoms with Crippen molar-refractivity contribution < 1.29 is 13.9 Å². The predicted octanol–water partition coefficient (Wildman–Crippen LogP) is 4.43. The van der Waals surface area contributed by atoms with Gasteiger partial charge in [0.2, 0.25) is 5.88 Å². The zero-order valence-corrected chi connectivity index (χ0v) is 19.5. The summed E-state index contributed by atoms with van der Waals surface area (Å²) in [5.41, 5.74) is 0.563. The van der Waals surface area contributed by atoms with Gasteiger partial charge in [-0.15, -0.1) is 0 Å². The van der Waals surface area contributed by atoms with Crippen molar-refractivity contribution in [1.29, 1.82) is 0 Å². The van der Waals surface area contributed by atoms with Crippen molar-refractivity contribution in [1.82, 2.24) is 14.1 Å². The van der Waals surface area contributed by atoms with Gasteiger partial charge in [0.25, 0.3) is 5.56 Å². The maximum absolute atomic E-state index is 13.2. The minimum absolute atomic E-state index is 0.137. The molecule has 10 heteroatoms. The first-order valence-electron chi connectivity index (χ1n) is 10.7. The van der Waals surface area contributed by atoms with Crippen molar-refractivity contribution in [3.05, 3.63) is 110 Å². The van der Waals surface area contributed by atoms with E-state index in [-0.39, 0.29) is 25.6 Å². The van der Waals surface area contributed by atoms with Crippen LogP contribution in [-0.2, 0) is 17.8 Å². The first kappa shape index (κ1) is 24.2. The molecule has 8 nitrogen and oxygen atoms in total. The van der Waals surface area contributed by atoms with Crippen molar-refractivity contribution in [2.45, 2.75) is 13.1 Å². The zero-order valence-electron chi connectivity index (χ0n) is 18.8. The van der Waals surface area contributed by atoms with Crippen LogP contribution >= 0.6 is 11.6 Å². The fraction of sp³-hybridized carbons (Fsp3) is 0.160. The number of hydrogen-bond donors (Lipinski definition) is 1. The van der Waals surface area contributed by atoms with Crippen LogP contribution in [0.3, 0.4) is 0 Å². The normalized spacial score (nSPS) is 10.8. The van der Waals surface area contributed by atoms with Crippen molar-refractivity contribution in [3.63, 3.8) is 0 Å². The highest BCUT2D eigenvalue weighted by Gasteiger charge is 2.13. The van der Waals surface area contributed by atoms with E-state index in [9.17, 15) is 14.0 Å². The Bertz CT molecular complexity index is 1400. The lowest BCUT2D eigenvalue weighted by Crippen LogP contribution is -2.41. The largest absolute Gasteiger partial charge is 0.439 e. The summed E-state index contributed by atoms with van der Waals surface area (Å²) in [6.07, 6.45) is 1.07. The van der Waals surface area contributed by atoms with Gasteiger partial charge in [0, 0.05) is 30.0 Å². The SMILES string of the molecule is COCCn1c(=O)cc(Nc2ccc(Oc3ccc(F)cn3)cc2)n(Cc2ccc(Cl)cc2)c1=O. The molecule has 180 valence electrons. The van der Waals surface area contributed by atoms with E-state index < -0.39 is 17.1 Å². The van der Waals surface area contributed by atoms with E-state index in [4.69, 9.17) is 21.1 Å². The molecule has 2 heterocycles. The number of halogens is 2. The third kappa shape index (κ3) is 6.14. The van der Waals surface area contributed by atoms with Gasteiger partial charge in [-0.1, -0.05) is 23.7 Å². The lowest BCUT2D eigenvalue weighted by atomic mass is 10.2. The lowest BCUT2D eigenvalue weighted by Gasteiger charge is -2.17. The lowest BCUT2D eigenvalue weighted by molar-refractivity contribution is 0.184. The van der Waals surface area contributed by atoms with Gasteiger partial charge in [0.15, 0.2) is 0 Å². The zero-order chi connectivity index (χ0) is 24.8. The quantitative estimate of drug-likeness (QED) is 0.369. The molecule has 0 aliphatic carbocycles. The smallest absolute Gasteiger partial charge is 0.332 e. The highest BCUT2D eigenvalue weighted by molar-refractivity contribution is 6.30. The Morgan fingerprint density at radius 1 is 1.00 bits per heavy atom. The summed E-state index contributed by atoms with van der Waals surface area (Å²) in [7, 11) is 1.51. The van der Waals surface area contributed by atoms with Crippen molar-refractivity contribution in [2.75, 3.05) is 19.0 Å². The van der Waals surface area contributed by atoms with Gasteiger partial charge >= 0.3 is 5.69 Å². The number of nitrogens with zero attached hydrogens (tertiary/aromatic N) is 3. The summed E-state index contributed by atoms with van der Waals surface area (Å²) in [6.45, 7) is 0.592. The molecule has 35 heavy (non-hydrogen) atoms. The van der Waals surface area contributed by atoms with Gasteiger partial charge in [-0.25, -0.2) is 14.2 Å². The summed E-state index contributed by atoms with van der Waals surface area (Å²) in [5.74, 6) is 0.620. The van der Waals surface area contributed by atoms with Gasteiger partial charge < -0.3 is 14.8 Å². The Labute approximate surface area is 205 Å². The van der Waals surface area contributed by atoms with Crippen LogP contribution in [0, 0.1) is 5.82 Å². The average molecular weight is 497 g/mol. The third-order valence-electron chi connectivity index (χ3n) is 5.10. The molecular weight excluding hydrogens is 475 g/mol. The Morgan fingerprint density at radius 3 is 2.40 bits per heavy atom. The summed E-state index contributed by atoms with van der Waals surface area (Å²) in [6, 6.07) is 18.0. The molecule has 4 rings (SSSR count). The summed E-state index contributed by atoms with van der Waals surface area (Å²) < 4.78 is 26.3. The molecule has 0 spiro atoms. The molecule has 2 aromatic carbocycles. The van der Waals surface area contributed by atoms with Crippen LogP contribution in [0.2, 0.25) is 5.02 Å². The minimum Gasteiger partial charge on any atom is -0.439 e. The number of aromatic nitrogens is 3. The third-order valence-corrected chi connectivity index (χ3v) is 5.35. The average Bonchev–Trinajstić information content (AvgIpc) is 2.85. The number of nitrogens with one attached hydrogen (secondary N) is 1. The molecule has 0 fully saturated rings. The first-order valence-corrected chi connectivity index (χ1v) is 11.1. The number of pyridine rings is 1. The van der Waals surface area contributed by atoms with E-state index in [0.29, 0.717) is 22.3 Å². The molecule has 0 saturated heterocycles. The van der Waals surface area contributed by atoms with Gasteiger partial charge in [-0.2, -0.15) is 0 Å². The summed E-state index contributed by atoms with van der Waals surface area (Å²) in [5, 5.41) is 3.73. The maximum Gasteiger partial charge on any atom is 0.332 e. The Hall–Kier alpha value is -3.95. The van der Waals surface area contributed by atoms with E-state index in [1.807, 2.05) is 12.1 Å². The topological polar surface area (TPSA) is 87.4 Å². The fourth-order valence-corrected chi connectivity index (χ4v) is 3.46. The Balaban J connectivity index is 1.62. The predicted molar refractivity (Wildman–Crippen MR) is 131 cm³/mol. The van der Waals surface area contributed by atoms with E-state index in [0.717, 1.165) is 16.3 Å². The van der Waals surface area contributed by atoms with E-state index >= 15 is 0 Å². The molecular formula is C25H22ClFN4O4. The molecule has 0 atom stereocenters. The molecule has 0 bridgehead atoms. The number of anilines is 2. The first-order chi connectivity index (χ1) is 16.9. The van der Waals surface area contributed by atoms with Gasteiger partial charge in [-0.3, -0.25) is 13.9 Å². The second-order valence-corrected chi connectivity index (χ2v) is 8.01. The van der Waals surface area contributed by atoms with Crippen molar-refractivity contribution in [2.24, 2.45) is 0 Å². The number of rotatable bonds is 9. The summed E-state index contributed by atoms with van der Waals surface area (Å²) >= 11 is 5.99. The second-order valence-electron chi connectivity index (χ2n) is 7.57. The van der Waals surface area contributed by atoms with Crippen LogP contribution in [0.5, 0.6) is 11.6 Å². The van der Waals surface area contributed by atoms with Crippen LogP contribution in [-0.4, -0.2) is 27.8 Å². The van der Waals surface area contributed by atoms with Crippen LogP contribution in [0.15, 0.2) is 82.5 Å². The molecule has 0 unspecified atom stereocenters. The van der Waals surface area contributed by atoms with Crippen molar-refractivity contribution in [3.8, 4) is 11.6 Å². The van der Waals surface area contributed by atoms with Crippen LogP contribution in [0.25, 0.3) is 0 Å². The number of methoxy groups -OCH3 is 1. The van der Waals surface area contributed by atoms with Gasteiger partial charge in [-0.05, 0) is 48.0 Å². The fourth-order valence-electron chi connectivity index (χ4n) is 3.33. The van der Waals surface area contributed by atoms with Crippen LogP contribution in [0.1, 0.15) is 5.56 Å². The highest BCUT2D eigenvalue weighted by atomic mass is 35.5. The summed E-state index contributed by atoms with van der Waals surface area (Å²) in [4.78, 5) is 29.7. The molecule has 0 amide bonds. The number of benzene rings is 2. The van der Waals surface area contributed by atoms with Gasteiger partial charge in [0.05, 0.1) is 25.9 Å². The Kier molecular flexibility index (Phi) is 7.59. The molecule has 1 N–H and O–H groups in total. The molecule has 2 aromatic heterocycles. The van der Waals surface area contributed by atoms with Crippen LogP contribution in [0.4, 0.5) is 15.9 Å². The van der Waals surface area contributed by atoms with E-state index in [1.165, 1.54) is 29.9 Å². The van der Waals surface area contributed by atoms with Gasteiger partial charge in [0.1, 0.15) is 17.4 Å². The number of hydrogen-bond acceptors (Lipinski definition) is 6. The molecule has 4 aromatic rings. The second kappa shape index (κ2) is 11.0. The molecule has 0 saturated carbocycles. The molecule has 0 radical (unpaired) electrons. The highest BCUT2D eigenvalue weighted by Crippen LogP contribution is 2.23. The Morgan fingerprint density at radius 2 is 1.74 bits per heavy atom. The van der Waals surface area contributed by atoms with Crippen LogP contribution < -0.4 is 21.3 Å². The number of ether oxygens (including phenoxy) is 2. The molecule has 0 aliphatic heterocycles. The van der Waals surface area contributed by atoms with Crippen molar-refractivity contribution >= 4 is 23.1 Å². The molecule has 0 aliphatic rings.